The maximum absolute atomic E-state index is 6.04. The smallest absolute Gasteiger partial charge is 0.0170 e. The van der Waals surface area contributed by atoms with Gasteiger partial charge in [-0.05, 0) is 25.2 Å². The highest BCUT2D eigenvalue weighted by molar-refractivity contribution is 4.85. The number of nitrogens with two attached hydrogens (primary N) is 1. The molecule has 2 N–H and O–H groups in total. The summed E-state index contributed by atoms with van der Waals surface area (Å²) in [5, 5.41) is 0. The van der Waals surface area contributed by atoms with Gasteiger partial charge in [-0.3, -0.25) is 4.90 Å². The minimum atomic E-state index is 0.435. The molecular weight excluding hydrogens is 160 g/mol. The van der Waals surface area contributed by atoms with E-state index in [0.717, 1.165) is 18.5 Å². The van der Waals surface area contributed by atoms with Gasteiger partial charge in [-0.2, -0.15) is 0 Å². The predicted octanol–water partition coefficient (Wildman–Crippen LogP) is 1.60. The predicted molar refractivity (Wildman–Crippen MR) is 55.6 cm³/mol. The lowest BCUT2D eigenvalue weighted by atomic mass is 9.95. The van der Waals surface area contributed by atoms with Crippen molar-refractivity contribution >= 4 is 0 Å². The molecule has 0 bridgehead atoms. The van der Waals surface area contributed by atoms with Gasteiger partial charge in [-0.1, -0.05) is 19.8 Å². The molecule has 2 aliphatic rings. The molecule has 0 aromatic rings. The molecule has 0 amide bonds. The fourth-order valence-electron chi connectivity index (χ4n) is 3.01. The van der Waals surface area contributed by atoms with Crippen LogP contribution in [0, 0.1) is 5.92 Å². The van der Waals surface area contributed by atoms with Gasteiger partial charge >= 0.3 is 0 Å². The molecule has 1 aliphatic carbocycles. The second-order valence-corrected chi connectivity index (χ2v) is 4.99. The lowest BCUT2D eigenvalue weighted by Crippen LogP contribution is -2.49. The molecule has 1 saturated heterocycles. The summed E-state index contributed by atoms with van der Waals surface area (Å²) in [5.41, 5.74) is 6.04. The van der Waals surface area contributed by atoms with Crippen LogP contribution >= 0.6 is 0 Å². The standard InChI is InChI=1S/C11H22N2/c1-9-6-10(12)8-13(7-9)11-4-2-3-5-11/h9-11H,2-8,12H2,1H3. The molecule has 1 aliphatic heterocycles. The largest absolute Gasteiger partial charge is 0.327 e. The van der Waals surface area contributed by atoms with Gasteiger partial charge in [-0.15, -0.1) is 0 Å². The van der Waals surface area contributed by atoms with Gasteiger partial charge in [0.15, 0.2) is 0 Å². The van der Waals surface area contributed by atoms with Crippen LogP contribution in [0.5, 0.6) is 0 Å². The van der Waals surface area contributed by atoms with E-state index in [2.05, 4.69) is 11.8 Å². The van der Waals surface area contributed by atoms with Crippen LogP contribution in [-0.2, 0) is 0 Å². The zero-order valence-corrected chi connectivity index (χ0v) is 8.71. The first kappa shape index (κ1) is 9.47. The highest BCUT2D eigenvalue weighted by Gasteiger charge is 2.29. The third-order valence-electron chi connectivity index (χ3n) is 3.56. The first-order valence-corrected chi connectivity index (χ1v) is 5.75. The Morgan fingerprint density at radius 1 is 1.15 bits per heavy atom. The highest BCUT2D eigenvalue weighted by Crippen LogP contribution is 2.27. The summed E-state index contributed by atoms with van der Waals surface area (Å²) in [7, 11) is 0. The Balaban J connectivity index is 1.90. The van der Waals surface area contributed by atoms with Crippen molar-refractivity contribution in [3.8, 4) is 0 Å². The second-order valence-electron chi connectivity index (χ2n) is 4.99. The van der Waals surface area contributed by atoms with Crippen molar-refractivity contribution in [2.24, 2.45) is 11.7 Å². The Bertz CT molecular complexity index is 153. The highest BCUT2D eigenvalue weighted by atomic mass is 15.2. The normalized spacial score (nSPS) is 38.3. The van der Waals surface area contributed by atoms with E-state index >= 15 is 0 Å². The van der Waals surface area contributed by atoms with E-state index in [-0.39, 0.29) is 0 Å². The van der Waals surface area contributed by atoms with Gasteiger partial charge in [-0.25, -0.2) is 0 Å². The van der Waals surface area contributed by atoms with Crippen molar-refractivity contribution in [1.82, 2.24) is 4.90 Å². The first-order valence-electron chi connectivity index (χ1n) is 5.75. The topological polar surface area (TPSA) is 29.3 Å². The molecular formula is C11H22N2. The molecule has 2 heteroatoms. The Hall–Kier alpha value is -0.0800. The lowest BCUT2D eigenvalue weighted by Gasteiger charge is -2.38. The molecule has 2 fully saturated rings. The quantitative estimate of drug-likeness (QED) is 0.667. The van der Waals surface area contributed by atoms with Gasteiger partial charge in [0.05, 0.1) is 0 Å². The summed E-state index contributed by atoms with van der Waals surface area (Å²) in [6, 6.07) is 1.30. The zero-order chi connectivity index (χ0) is 9.26. The summed E-state index contributed by atoms with van der Waals surface area (Å²) >= 11 is 0. The summed E-state index contributed by atoms with van der Waals surface area (Å²) < 4.78 is 0. The molecule has 2 atom stereocenters. The van der Waals surface area contributed by atoms with Crippen molar-refractivity contribution in [2.75, 3.05) is 13.1 Å². The Morgan fingerprint density at radius 2 is 1.85 bits per heavy atom. The number of likely N-dealkylation sites (tertiary alicyclic amines) is 1. The van der Waals surface area contributed by atoms with Crippen molar-refractivity contribution < 1.29 is 0 Å². The average molecular weight is 182 g/mol. The van der Waals surface area contributed by atoms with Crippen LogP contribution in [0.2, 0.25) is 0 Å². The van der Waals surface area contributed by atoms with E-state index in [1.165, 1.54) is 38.6 Å². The van der Waals surface area contributed by atoms with Crippen LogP contribution in [-0.4, -0.2) is 30.1 Å². The fraction of sp³-hybridized carbons (Fsp3) is 1.00. The number of nitrogens with zero attached hydrogens (tertiary/aromatic N) is 1. The van der Waals surface area contributed by atoms with Gasteiger partial charge in [0.25, 0.3) is 0 Å². The zero-order valence-electron chi connectivity index (χ0n) is 8.71. The van der Waals surface area contributed by atoms with Gasteiger partial charge in [0, 0.05) is 25.2 Å². The van der Waals surface area contributed by atoms with E-state index in [0.29, 0.717) is 6.04 Å². The third-order valence-corrected chi connectivity index (χ3v) is 3.56. The fourth-order valence-corrected chi connectivity index (χ4v) is 3.01. The van der Waals surface area contributed by atoms with Crippen LogP contribution in [0.25, 0.3) is 0 Å². The summed E-state index contributed by atoms with van der Waals surface area (Å²) in [6.45, 7) is 4.77. The maximum atomic E-state index is 6.04. The Kier molecular flexibility index (Phi) is 2.89. The molecule has 0 spiro atoms. The molecule has 0 aromatic carbocycles. The molecule has 76 valence electrons. The van der Waals surface area contributed by atoms with Crippen LogP contribution in [0.15, 0.2) is 0 Å². The van der Waals surface area contributed by atoms with E-state index < -0.39 is 0 Å². The average Bonchev–Trinajstić information content (AvgIpc) is 2.53. The number of hydrogen-bond acceptors (Lipinski definition) is 2. The SMILES string of the molecule is CC1CC(N)CN(C2CCCC2)C1. The number of hydrogen-bond donors (Lipinski definition) is 1. The van der Waals surface area contributed by atoms with Crippen molar-refractivity contribution in [3.63, 3.8) is 0 Å². The van der Waals surface area contributed by atoms with Gasteiger partial charge < -0.3 is 5.73 Å². The maximum Gasteiger partial charge on any atom is 0.0170 e. The lowest BCUT2D eigenvalue weighted by molar-refractivity contribution is 0.118. The molecule has 2 rings (SSSR count). The van der Waals surface area contributed by atoms with Crippen LogP contribution in [0.1, 0.15) is 39.0 Å². The van der Waals surface area contributed by atoms with Crippen molar-refractivity contribution in [3.05, 3.63) is 0 Å². The second kappa shape index (κ2) is 3.97. The van der Waals surface area contributed by atoms with Crippen LogP contribution in [0.3, 0.4) is 0 Å². The van der Waals surface area contributed by atoms with Crippen LogP contribution in [0.4, 0.5) is 0 Å². The number of rotatable bonds is 1. The molecule has 2 unspecified atom stereocenters. The van der Waals surface area contributed by atoms with Crippen molar-refractivity contribution in [1.29, 1.82) is 0 Å². The summed E-state index contributed by atoms with van der Waals surface area (Å²) in [5.74, 6) is 0.810. The third kappa shape index (κ3) is 2.23. The minimum absolute atomic E-state index is 0.435. The number of piperidine rings is 1. The molecule has 1 heterocycles. The molecule has 0 radical (unpaired) electrons. The monoisotopic (exact) mass is 182 g/mol. The Morgan fingerprint density at radius 3 is 2.46 bits per heavy atom. The first-order chi connectivity index (χ1) is 6.25. The van der Waals surface area contributed by atoms with Crippen LogP contribution < -0.4 is 5.73 Å². The van der Waals surface area contributed by atoms with E-state index in [1.807, 2.05) is 0 Å². The Labute approximate surface area is 81.5 Å². The van der Waals surface area contributed by atoms with E-state index in [1.54, 1.807) is 0 Å². The molecule has 13 heavy (non-hydrogen) atoms. The van der Waals surface area contributed by atoms with E-state index in [4.69, 9.17) is 5.73 Å². The summed E-state index contributed by atoms with van der Waals surface area (Å²) in [4.78, 5) is 2.64. The van der Waals surface area contributed by atoms with Crippen molar-refractivity contribution in [2.45, 2.75) is 51.1 Å². The van der Waals surface area contributed by atoms with Gasteiger partial charge in [0.1, 0.15) is 0 Å². The van der Waals surface area contributed by atoms with Gasteiger partial charge in [0.2, 0.25) is 0 Å². The molecule has 0 aromatic heterocycles. The molecule has 2 nitrogen and oxygen atoms in total. The summed E-state index contributed by atoms with van der Waals surface area (Å²) in [6.07, 6.45) is 6.93. The molecule has 1 saturated carbocycles. The minimum Gasteiger partial charge on any atom is -0.327 e. The van der Waals surface area contributed by atoms with E-state index in [9.17, 15) is 0 Å².